The number of carbonyl (C=O) groups excluding carboxylic acids is 1. The van der Waals surface area contributed by atoms with Crippen molar-refractivity contribution in [2.75, 3.05) is 5.32 Å². The van der Waals surface area contributed by atoms with Gasteiger partial charge in [0.2, 0.25) is 5.91 Å². The van der Waals surface area contributed by atoms with E-state index in [4.69, 9.17) is 0 Å². The first-order chi connectivity index (χ1) is 15.5. The highest BCUT2D eigenvalue weighted by atomic mass is 19.1. The molecule has 2 aromatic heterocycles. The summed E-state index contributed by atoms with van der Waals surface area (Å²) in [6, 6.07) is 15.7. The van der Waals surface area contributed by atoms with Gasteiger partial charge in [-0.05, 0) is 41.0 Å². The third-order valence-electron chi connectivity index (χ3n) is 4.85. The zero-order valence-corrected chi connectivity index (χ0v) is 16.8. The molecule has 0 aliphatic rings. The molecule has 0 saturated heterocycles. The predicted octanol–water partition coefficient (Wildman–Crippen LogP) is 4.29. The average Bonchev–Trinajstić information content (AvgIpc) is 3.17. The number of non-ortho nitro benzene ring substituents is 1. The van der Waals surface area contributed by atoms with Crippen LogP contribution >= 0.6 is 0 Å². The first-order valence-corrected chi connectivity index (χ1v) is 9.75. The lowest BCUT2D eigenvalue weighted by molar-refractivity contribution is -0.384. The minimum Gasteiger partial charge on any atom is -0.310 e. The lowest BCUT2D eigenvalue weighted by Crippen LogP contribution is -2.15. The van der Waals surface area contributed by atoms with Gasteiger partial charge in [0.15, 0.2) is 0 Å². The van der Waals surface area contributed by atoms with Crippen molar-refractivity contribution >= 4 is 17.4 Å². The summed E-state index contributed by atoms with van der Waals surface area (Å²) >= 11 is 0. The Balaban J connectivity index is 1.60. The quantitative estimate of drug-likeness (QED) is 0.335. The van der Waals surface area contributed by atoms with Crippen molar-refractivity contribution in [3.05, 3.63) is 106 Å². The lowest BCUT2D eigenvalue weighted by Gasteiger charge is -2.08. The second-order valence-corrected chi connectivity index (χ2v) is 7.11. The highest BCUT2D eigenvalue weighted by Gasteiger charge is 2.18. The van der Waals surface area contributed by atoms with Crippen molar-refractivity contribution in [1.29, 1.82) is 0 Å². The monoisotopic (exact) mass is 431 g/mol. The summed E-state index contributed by atoms with van der Waals surface area (Å²) in [6.07, 6.45) is 3.66. The molecule has 4 aromatic rings. The van der Waals surface area contributed by atoms with Gasteiger partial charge in [-0.25, -0.2) is 4.39 Å². The molecular formula is C23H18FN5O3. The molecule has 0 saturated carbocycles. The fourth-order valence-corrected chi connectivity index (χ4v) is 3.37. The molecule has 2 aromatic carbocycles. The fourth-order valence-electron chi connectivity index (χ4n) is 3.37. The summed E-state index contributed by atoms with van der Waals surface area (Å²) in [6.45, 7) is 0. The molecule has 8 nitrogen and oxygen atoms in total. The number of hydrogen-bond donors (Lipinski definition) is 2. The smallest absolute Gasteiger partial charge is 0.269 e. The van der Waals surface area contributed by atoms with Gasteiger partial charge >= 0.3 is 0 Å². The Morgan fingerprint density at radius 1 is 1.06 bits per heavy atom. The molecule has 0 radical (unpaired) electrons. The van der Waals surface area contributed by atoms with Crippen LogP contribution < -0.4 is 5.32 Å². The van der Waals surface area contributed by atoms with Gasteiger partial charge in [-0.1, -0.05) is 24.3 Å². The molecule has 0 aliphatic carbocycles. The lowest BCUT2D eigenvalue weighted by atomic mass is 10.0. The molecule has 2 heterocycles. The SMILES string of the molecule is O=C(Cc1cccc([N+](=O)[O-])c1)Nc1[nH]nc(Cc2ccc(F)cc2)c1-c1ccncc1. The van der Waals surface area contributed by atoms with Crippen LogP contribution in [-0.4, -0.2) is 26.0 Å². The van der Waals surface area contributed by atoms with Gasteiger partial charge in [0, 0.05) is 36.5 Å². The second kappa shape index (κ2) is 9.17. The van der Waals surface area contributed by atoms with Crippen LogP contribution in [0, 0.1) is 15.9 Å². The maximum absolute atomic E-state index is 13.3. The third kappa shape index (κ3) is 4.84. The molecule has 4 rings (SSSR count). The Morgan fingerprint density at radius 2 is 1.81 bits per heavy atom. The van der Waals surface area contributed by atoms with E-state index in [-0.39, 0.29) is 23.8 Å². The van der Waals surface area contributed by atoms with E-state index in [0.29, 0.717) is 29.1 Å². The maximum Gasteiger partial charge on any atom is 0.269 e. The van der Waals surface area contributed by atoms with Gasteiger partial charge in [-0.15, -0.1) is 0 Å². The minimum atomic E-state index is -0.500. The van der Waals surface area contributed by atoms with E-state index in [1.807, 2.05) is 0 Å². The molecular weight excluding hydrogens is 413 g/mol. The highest BCUT2D eigenvalue weighted by molar-refractivity contribution is 5.95. The number of amides is 1. The highest BCUT2D eigenvalue weighted by Crippen LogP contribution is 2.31. The van der Waals surface area contributed by atoms with E-state index in [1.54, 1.807) is 48.8 Å². The van der Waals surface area contributed by atoms with Gasteiger partial charge in [-0.3, -0.25) is 25.0 Å². The summed E-state index contributed by atoms with van der Waals surface area (Å²) in [5.74, 6) is -0.263. The third-order valence-corrected chi connectivity index (χ3v) is 4.85. The topological polar surface area (TPSA) is 114 Å². The molecule has 0 unspecified atom stereocenters. The zero-order valence-electron chi connectivity index (χ0n) is 16.8. The van der Waals surface area contributed by atoms with Crippen LogP contribution in [0.25, 0.3) is 11.1 Å². The van der Waals surface area contributed by atoms with Crippen LogP contribution in [0.4, 0.5) is 15.9 Å². The van der Waals surface area contributed by atoms with Crippen LogP contribution in [0.1, 0.15) is 16.8 Å². The number of rotatable bonds is 7. The van der Waals surface area contributed by atoms with Crippen molar-refractivity contribution in [2.24, 2.45) is 0 Å². The molecule has 0 spiro atoms. The summed E-state index contributed by atoms with van der Waals surface area (Å²) < 4.78 is 13.3. The van der Waals surface area contributed by atoms with Crippen molar-refractivity contribution < 1.29 is 14.1 Å². The number of halogens is 1. The summed E-state index contributed by atoms with van der Waals surface area (Å²) in [7, 11) is 0. The standard InChI is InChI=1S/C23H18FN5O3/c24-18-6-4-15(5-7-18)13-20-22(17-8-10-25-11-9-17)23(28-27-20)26-21(30)14-16-2-1-3-19(12-16)29(31)32/h1-12H,13-14H2,(H2,26,27,28,30). The Morgan fingerprint density at radius 3 is 2.53 bits per heavy atom. The number of benzene rings is 2. The number of nitrogens with one attached hydrogen (secondary N) is 2. The fraction of sp³-hybridized carbons (Fsp3) is 0.0870. The molecule has 0 fully saturated rings. The van der Waals surface area contributed by atoms with E-state index in [1.165, 1.54) is 24.3 Å². The van der Waals surface area contributed by atoms with E-state index in [0.717, 1.165) is 11.1 Å². The number of aromatic nitrogens is 3. The van der Waals surface area contributed by atoms with Gasteiger partial charge in [0.05, 0.1) is 17.0 Å². The second-order valence-electron chi connectivity index (χ2n) is 7.11. The number of nitro benzene ring substituents is 1. The Kier molecular flexibility index (Phi) is 5.98. The normalized spacial score (nSPS) is 10.7. The largest absolute Gasteiger partial charge is 0.310 e. The van der Waals surface area contributed by atoms with E-state index in [2.05, 4.69) is 20.5 Å². The average molecular weight is 431 g/mol. The molecule has 2 N–H and O–H groups in total. The Hall–Kier alpha value is -4.40. The van der Waals surface area contributed by atoms with Crippen LogP contribution in [0.5, 0.6) is 0 Å². The number of carbonyl (C=O) groups is 1. The minimum absolute atomic E-state index is 0.0379. The van der Waals surface area contributed by atoms with Crippen molar-refractivity contribution in [2.45, 2.75) is 12.8 Å². The van der Waals surface area contributed by atoms with Gasteiger partial charge in [0.25, 0.3) is 5.69 Å². The maximum atomic E-state index is 13.3. The number of nitro groups is 1. The molecule has 0 aliphatic heterocycles. The number of nitrogens with zero attached hydrogens (tertiary/aromatic N) is 3. The predicted molar refractivity (Wildman–Crippen MR) is 116 cm³/mol. The summed E-state index contributed by atoms with van der Waals surface area (Å²) in [5, 5.41) is 21.0. The Labute approximate surface area is 182 Å². The van der Waals surface area contributed by atoms with Crippen molar-refractivity contribution in [3.63, 3.8) is 0 Å². The van der Waals surface area contributed by atoms with E-state index >= 15 is 0 Å². The van der Waals surface area contributed by atoms with Crippen LogP contribution in [0.3, 0.4) is 0 Å². The molecule has 0 atom stereocenters. The molecule has 0 bridgehead atoms. The zero-order chi connectivity index (χ0) is 22.5. The van der Waals surface area contributed by atoms with Gasteiger partial charge in [0.1, 0.15) is 11.6 Å². The molecule has 9 heteroatoms. The van der Waals surface area contributed by atoms with Crippen LogP contribution in [0.15, 0.2) is 73.1 Å². The van der Waals surface area contributed by atoms with Gasteiger partial charge in [-0.2, -0.15) is 5.10 Å². The van der Waals surface area contributed by atoms with Crippen LogP contribution in [0.2, 0.25) is 0 Å². The number of hydrogen-bond acceptors (Lipinski definition) is 5. The summed E-state index contributed by atoms with van der Waals surface area (Å²) in [4.78, 5) is 27.2. The van der Waals surface area contributed by atoms with Crippen LogP contribution in [-0.2, 0) is 17.6 Å². The van der Waals surface area contributed by atoms with Crippen molar-refractivity contribution in [1.82, 2.24) is 15.2 Å². The first kappa shape index (κ1) is 20.9. The first-order valence-electron chi connectivity index (χ1n) is 9.75. The molecule has 32 heavy (non-hydrogen) atoms. The molecule has 1 amide bonds. The summed E-state index contributed by atoms with van der Waals surface area (Å²) in [5.41, 5.74) is 3.49. The van der Waals surface area contributed by atoms with Gasteiger partial charge < -0.3 is 5.32 Å². The number of anilines is 1. The number of H-pyrrole nitrogens is 1. The van der Waals surface area contributed by atoms with Crippen molar-refractivity contribution in [3.8, 4) is 11.1 Å². The Bertz CT molecular complexity index is 1260. The van der Waals surface area contributed by atoms with E-state index in [9.17, 15) is 19.3 Å². The number of aromatic amines is 1. The molecule has 160 valence electrons. The number of pyridine rings is 1. The van der Waals surface area contributed by atoms with E-state index < -0.39 is 4.92 Å².